The normalized spacial score (nSPS) is 22.6. The number of hydrogen-bond donors (Lipinski definition) is 2. The van der Waals surface area contributed by atoms with E-state index < -0.39 is 28.0 Å². The number of thiol groups is 1. The van der Waals surface area contributed by atoms with Gasteiger partial charge in [-0.2, -0.15) is 16.9 Å². The number of anilines is 1. The molecule has 1 N–H and O–H groups in total. The summed E-state index contributed by atoms with van der Waals surface area (Å²) in [4.78, 5) is 28.3. The number of rotatable bonds is 5. The zero-order valence-corrected chi connectivity index (χ0v) is 20.4. The first kappa shape index (κ1) is 23.8. The summed E-state index contributed by atoms with van der Waals surface area (Å²) >= 11 is 4.51. The first-order chi connectivity index (χ1) is 15.6. The van der Waals surface area contributed by atoms with E-state index in [1.165, 1.54) is 4.31 Å². The van der Waals surface area contributed by atoms with E-state index in [-0.39, 0.29) is 22.6 Å². The SMILES string of the molecule is CN(C)c1cccc2c(S(=O)(=O)N3CC(S)C[C@H]3C(=O)N3CCC(C(=O)O)CC3)cccc12. The average Bonchev–Trinajstić information content (AvgIpc) is 3.20. The maximum Gasteiger partial charge on any atom is 0.306 e. The fraction of sp³-hybridized carbons (Fsp3) is 0.478. The van der Waals surface area contributed by atoms with Gasteiger partial charge in [-0.25, -0.2) is 8.42 Å². The predicted molar refractivity (Wildman–Crippen MR) is 130 cm³/mol. The van der Waals surface area contributed by atoms with Crippen molar-refractivity contribution >= 4 is 51.0 Å². The summed E-state index contributed by atoms with van der Waals surface area (Å²) in [6.07, 6.45) is 1.08. The molecule has 0 spiro atoms. The highest BCUT2D eigenvalue weighted by molar-refractivity contribution is 7.89. The van der Waals surface area contributed by atoms with E-state index in [1.54, 1.807) is 23.1 Å². The predicted octanol–water partition coefficient (Wildman–Crippen LogP) is 2.29. The quantitative estimate of drug-likeness (QED) is 0.623. The molecule has 2 saturated heterocycles. The van der Waals surface area contributed by atoms with Gasteiger partial charge in [0.2, 0.25) is 15.9 Å². The summed E-state index contributed by atoms with van der Waals surface area (Å²) < 4.78 is 29.0. The Kier molecular flexibility index (Phi) is 6.61. The van der Waals surface area contributed by atoms with Crippen LogP contribution in [0.2, 0.25) is 0 Å². The van der Waals surface area contributed by atoms with Crippen LogP contribution >= 0.6 is 12.6 Å². The van der Waals surface area contributed by atoms with Gasteiger partial charge in [-0.3, -0.25) is 9.59 Å². The Hall–Kier alpha value is -2.30. The van der Waals surface area contributed by atoms with Crippen LogP contribution in [0.1, 0.15) is 19.3 Å². The standard InChI is InChI=1S/C23H29N3O5S2/c1-24(2)19-7-3-6-18-17(19)5-4-8-21(18)33(30,31)26-14-16(32)13-20(26)22(27)25-11-9-15(10-12-25)23(28)29/h3-8,15-16,20,32H,9-14H2,1-2H3,(H,28,29)/t16?,20-/m0/s1. The lowest BCUT2D eigenvalue weighted by Crippen LogP contribution is -2.50. The van der Waals surface area contributed by atoms with Crippen LogP contribution in [0.4, 0.5) is 5.69 Å². The highest BCUT2D eigenvalue weighted by Crippen LogP contribution is 2.35. The lowest BCUT2D eigenvalue weighted by Gasteiger charge is -2.34. The van der Waals surface area contributed by atoms with Gasteiger partial charge in [0.05, 0.1) is 10.8 Å². The minimum absolute atomic E-state index is 0.150. The number of aliphatic carboxylic acids is 1. The molecule has 0 aromatic heterocycles. The topological polar surface area (TPSA) is 98.2 Å². The van der Waals surface area contributed by atoms with Gasteiger partial charge in [0.1, 0.15) is 6.04 Å². The molecule has 0 aliphatic carbocycles. The summed E-state index contributed by atoms with van der Waals surface area (Å²) in [7, 11) is -0.160. The fourth-order valence-electron chi connectivity index (χ4n) is 4.84. The Labute approximate surface area is 199 Å². The summed E-state index contributed by atoms with van der Waals surface area (Å²) in [6.45, 7) is 0.785. The summed E-state index contributed by atoms with van der Waals surface area (Å²) in [5.41, 5.74) is 0.909. The van der Waals surface area contributed by atoms with Crippen molar-refractivity contribution in [3.63, 3.8) is 0 Å². The molecule has 4 rings (SSSR count). The first-order valence-corrected chi connectivity index (χ1v) is 13.0. The third kappa shape index (κ3) is 4.43. The van der Waals surface area contributed by atoms with Crippen molar-refractivity contribution in [3.05, 3.63) is 36.4 Å². The lowest BCUT2D eigenvalue weighted by molar-refractivity contribution is -0.146. The van der Waals surface area contributed by atoms with Gasteiger partial charge in [0.15, 0.2) is 0 Å². The maximum absolute atomic E-state index is 13.8. The molecule has 178 valence electrons. The van der Waals surface area contributed by atoms with E-state index in [9.17, 15) is 23.1 Å². The molecular formula is C23H29N3O5S2. The third-order valence-electron chi connectivity index (χ3n) is 6.60. The number of carbonyl (C=O) groups excluding carboxylic acids is 1. The number of likely N-dealkylation sites (tertiary alicyclic amines) is 1. The van der Waals surface area contributed by atoms with Crippen molar-refractivity contribution in [2.45, 2.75) is 35.4 Å². The monoisotopic (exact) mass is 491 g/mol. The van der Waals surface area contributed by atoms with Crippen LogP contribution in [0.25, 0.3) is 10.8 Å². The molecule has 0 saturated carbocycles. The van der Waals surface area contributed by atoms with Gasteiger partial charge in [-0.15, -0.1) is 0 Å². The molecule has 1 amide bonds. The second kappa shape index (κ2) is 9.15. The van der Waals surface area contributed by atoms with Gasteiger partial charge in [0.25, 0.3) is 0 Å². The summed E-state index contributed by atoms with van der Waals surface area (Å²) in [6, 6.07) is 9.92. The van der Waals surface area contributed by atoms with E-state index in [0.717, 1.165) is 11.1 Å². The molecule has 2 aromatic carbocycles. The van der Waals surface area contributed by atoms with Crippen molar-refractivity contribution < 1.29 is 23.1 Å². The molecule has 2 atom stereocenters. The third-order valence-corrected chi connectivity index (χ3v) is 8.91. The smallest absolute Gasteiger partial charge is 0.306 e. The number of fused-ring (bicyclic) bond motifs is 1. The van der Waals surface area contributed by atoms with Gasteiger partial charge in [0, 0.05) is 55.4 Å². The zero-order chi connectivity index (χ0) is 23.9. The Morgan fingerprint density at radius 2 is 1.70 bits per heavy atom. The highest BCUT2D eigenvalue weighted by atomic mass is 32.2. The Balaban J connectivity index is 1.67. The second-order valence-corrected chi connectivity index (χ2v) is 11.5. The summed E-state index contributed by atoms with van der Waals surface area (Å²) in [5, 5.41) is 10.4. The van der Waals surface area contributed by atoms with Crippen molar-refractivity contribution in [2.75, 3.05) is 38.6 Å². The fourth-order valence-corrected chi connectivity index (χ4v) is 7.17. The van der Waals surface area contributed by atoms with E-state index in [1.807, 2.05) is 37.2 Å². The van der Waals surface area contributed by atoms with Crippen molar-refractivity contribution in [1.29, 1.82) is 0 Å². The van der Waals surface area contributed by atoms with Crippen molar-refractivity contribution in [2.24, 2.45) is 5.92 Å². The van der Waals surface area contributed by atoms with Gasteiger partial charge in [-0.1, -0.05) is 24.3 Å². The van der Waals surface area contributed by atoms with E-state index >= 15 is 0 Å². The number of amides is 1. The van der Waals surface area contributed by atoms with E-state index in [0.29, 0.717) is 37.7 Å². The van der Waals surface area contributed by atoms with E-state index in [2.05, 4.69) is 12.6 Å². The number of piperidine rings is 1. The molecule has 8 nitrogen and oxygen atoms in total. The molecule has 0 radical (unpaired) electrons. The first-order valence-electron chi connectivity index (χ1n) is 11.0. The number of carbonyl (C=O) groups is 2. The Morgan fingerprint density at radius 1 is 1.06 bits per heavy atom. The molecule has 10 heteroatoms. The molecular weight excluding hydrogens is 462 g/mol. The molecule has 1 unspecified atom stereocenters. The molecule has 0 bridgehead atoms. The number of carboxylic acid groups (broad SMARTS) is 1. The Bertz CT molecular complexity index is 1180. The number of carboxylic acids is 1. The van der Waals surface area contributed by atoms with Crippen LogP contribution in [-0.4, -0.2) is 79.6 Å². The average molecular weight is 492 g/mol. The van der Waals surface area contributed by atoms with Gasteiger partial charge in [-0.05, 0) is 31.4 Å². The molecule has 2 aromatic rings. The van der Waals surface area contributed by atoms with Crippen LogP contribution in [0, 0.1) is 5.92 Å². The van der Waals surface area contributed by atoms with Crippen LogP contribution in [0.15, 0.2) is 41.3 Å². The van der Waals surface area contributed by atoms with Crippen LogP contribution in [0.3, 0.4) is 0 Å². The lowest BCUT2D eigenvalue weighted by atomic mass is 9.96. The number of hydrogen-bond acceptors (Lipinski definition) is 6. The Morgan fingerprint density at radius 3 is 2.33 bits per heavy atom. The highest BCUT2D eigenvalue weighted by Gasteiger charge is 2.45. The number of benzene rings is 2. The van der Waals surface area contributed by atoms with Crippen LogP contribution in [-0.2, 0) is 19.6 Å². The van der Waals surface area contributed by atoms with Crippen molar-refractivity contribution in [1.82, 2.24) is 9.21 Å². The molecule has 2 fully saturated rings. The maximum atomic E-state index is 13.8. The zero-order valence-electron chi connectivity index (χ0n) is 18.7. The molecule has 33 heavy (non-hydrogen) atoms. The van der Waals surface area contributed by atoms with Gasteiger partial charge < -0.3 is 14.9 Å². The molecule has 2 aliphatic rings. The number of sulfonamides is 1. The minimum atomic E-state index is -3.97. The second-order valence-electron chi connectivity index (χ2n) is 8.94. The minimum Gasteiger partial charge on any atom is -0.481 e. The van der Waals surface area contributed by atoms with Crippen molar-refractivity contribution in [3.8, 4) is 0 Å². The van der Waals surface area contributed by atoms with Crippen LogP contribution in [0.5, 0.6) is 0 Å². The van der Waals surface area contributed by atoms with Gasteiger partial charge >= 0.3 is 5.97 Å². The van der Waals surface area contributed by atoms with Crippen LogP contribution < -0.4 is 4.90 Å². The largest absolute Gasteiger partial charge is 0.481 e. The summed E-state index contributed by atoms with van der Waals surface area (Å²) in [5.74, 6) is -1.58. The molecule has 2 aliphatic heterocycles. The van der Waals surface area contributed by atoms with E-state index in [4.69, 9.17) is 0 Å². The molecule has 2 heterocycles. The number of nitrogens with zero attached hydrogens (tertiary/aromatic N) is 3.